The van der Waals surface area contributed by atoms with Crippen molar-refractivity contribution in [2.24, 2.45) is 0 Å². The van der Waals surface area contributed by atoms with Crippen LogP contribution >= 0.6 is 0 Å². The Balaban J connectivity index is 2.65. The van der Waals surface area contributed by atoms with E-state index in [9.17, 15) is 9.90 Å². The van der Waals surface area contributed by atoms with Crippen LogP contribution in [0.3, 0.4) is 0 Å². The van der Waals surface area contributed by atoms with Gasteiger partial charge in [-0.1, -0.05) is 13.0 Å². The van der Waals surface area contributed by atoms with Crippen LogP contribution in [0.2, 0.25) is 0 Å². The van der Waals surface area contributed by atoms with Gasteiger partial charge in [0, 0.05) is 13.3 Å². The van der Waals surface area contributed by atoms with Crippen LogP contribution in [0.4, 0.5) is 0 Å². The molecule has 2 aromatic heterocycles. The number of fused-ring (bicyclic) bond motifs is 1. The minimum absolute atomic E-state index is 0.237. The summed E-state index contributed by atoms with van der Waals surface area (Å²) in [4.78, 5) is 15.5. The predicted molar refractivity (Wildman–Crippen MR) is 62.2 cm³/mol. The first-order chi connectivity index (χ1) is 8.17. The highest BCUT2D eigenvalue weighted by molar-refractivity contribution is 5.88. The molecule has 0 aliphatic heterocycles. The third kappa shape index (κ3) is 2.01. The quantitative estimate of drug-likeness (QED) is 0.875. The van der Waals surface area contributed by atoms with Gasteiger partial charge in [0.25, 0.3) is 0 Å². The molecule has 0 unspecified atom stereocenters. The molecule has 0 amide bonds. The summed E-state index contributed by atoms with van der Waals surface area (Å²) >= 11 is 0. The van der Waals surface area contributed by atoms with Crippen molar-refractivity contribution in [3.63, 3.8) is 0 Å². The summed E-state index contributed by atoms with van der Waals surface area (Å²) in [6, 6.07) is 3.69. The van der Waals surface area contributed by atoms with E-state index in [0.717, 1.165) is 5.56 Å². The third-order valence-electron chi connectivity index (χ3n) is 2.60. The van der Waals surface area contributed by atoms with Crippen LogP contribution in [-0.4, -0.2) is 27.6 Å². The van der Waals surface area contributed by atoms with Gasteiger partial charge in [-0.3, -0.25) is 4.40 Å². The number of nitrogens with zero attached hydrogens (tertiary/aromatic N) is 2. The Bertz CT molecular complexity index is 560. The van der Waals surface area contributed by atoms with Gasteiger partial charge in [0.2, 0.25) is 0 Å². The van der Waals surface area contributed by atoms with E-state index in [2.05, 4.69) is 4.98 Å². The van der Waals surface area contributed by atoms with Crippen molar-refractivity contribution in [2.75, 3.05) is 7.11 Å². The zero-order valence-corrected chi connectivity index (χ0v) is 9.80. The first kappa shape index (κ1) is 11.6. The van der Waals surface area contributed by atoms with Gasteiger partial charge < -0.3 is 9.84 Å². The summed E-state index contributed by atoms with van der Waals surface area (Å²) in [6.07, 6.45) is 2.36. The van der Waals surface area contributed by atoms with Gasteiger partial charge in [-0.2, -0.15) is 0 Å². The molecule has 0 aromatic carbocycles. The number of carboxylic acid groups (broad SMARTS) is 1. The topological polar surface area (TPSA) is 63.8 Å². The fourth-order valence-corrected chi connectivity index (χ4v) is 1.86. The first-order valence-corrected chi connectivity index (χ1v) is 5.39. The number of aromatic nitrogens is 2. The van der Waals surface area contributed by atoms with E-state index in [-0.39, 0.29) is 5.69 Å². The first-order valence-electron chi connectivity index (χ1n) is 5.39. The molecule has 0 fully saturated rings. The molecule has 90 valence electrons. The fraction of sp³-hybridized carbons (Fsp3) is 0.333. The maximum absolute atomic E-state index is 11.2. The van der Waals surface area contributed by atoms with Crippen molar-refractivity contribution < 1.29 is 14.6 Å². The molecule has 0 saturated carbocycles. The Morgan fingerprint density at radius 3 is 2.88 bits per heavy atom. The molecule has 0 spiro atoms. The summed E-state index contributed by atoms with van der Waals surface area (Å²) in [6.45, 7) is 2.35. The number of rotatable bonds is 4. The number of ether oxygens (including phenoxy) is 1. The van der Waals surface area contributed by atoms with E-state index in [4.69, 9.17) is 4.74 Å². The lowest BCUT2D eigenvalue weighted by molar-refractivity contribution is 0.0688. The lowest BCUT2D eigenvalue weighted by Crippen LogP contribution is -2.05. The average molecular weight is 234 g/mol. The second-order valence-corrected chi connectivity index (χ2v) is 3.76. The monoisotopic (exact) mass is 234 g/mol. The summed E-state index contributed by atoms with van der Waals surface area (Å²) in [5, 5.41) is 9.21. The summed E-state index contributed by atoms with van der Waals surface area (Å²) in [5.74, 6) is -0.955. The zero-order chi connectivity index (χ0) is 12.4. The number of hydrogen-bond donors (Lipinski definition) is 1. The van der Waals surface area contributed by atoms with E-state index in [0.29, 0.717) is 24.4 Å². The van der Waals surface area contributed by atoms with Gasteiger partial charge in [0.05, 0.1) is 12.3 Å². The van der Waals surface area contributed by atoms with Crippen LogP contribution in [0, 0.1) is 0 Å². The molecule has 0 aliphatic carbocycles. The average Bonchev–Trinajstić information content (AvgIpc) is 2.67. The van der Waals surface area contributed by atoms with Crippen molar-refractivity contribution >= 4 is 11.6 Å². The molecule has 2 rings (SSSR count). The number of carbonyl (C=O) groups is 1. The van der Waals surface area contributed by atoms with Gasteiger partial charge in [-0.25, -0.2) is 9.78 Å². The molecule has 0 bridgehead atoms. The molecular weight excluding hydrogens is 220 g/mol. The predicted octanol–water partition coefficient (Wildman–Crippen LogP) is 1.74. The summed E-state index contributed by atoms with van der Waals surface area (Å²) in [7, 11) is 1.60. The molecule has 5 heteroatoms. The number of methoxy groups -OCH3 is 1. The minimum atomic E-state index is -0.955. The largest absolute Gasteiger partial charge is 0.477 e. The van der Waals surface area contributed by atoms with Crippen molar-refractivity contribution in [1.29, 1.82) is 0 Å². The molecule has 0 atom stereocenters. The van der Waals surface area contributed by atoms with Crippen molar-refractivity contribution in [2.45, 2.75) is 20.0 Å². The van der Waals surface area contributed by atoms with E-state index in [1.54, 1.807) is 23.8 Å². The highest BCUT2D eigenvalue weighted by Gasteiger charge is 2.17. The Morgan fingerprint density at radius 1 is 1.53 bits per heavy atom. The second kappa shape index (κ2) is 4.55. The molecule has 2 heterocycles. The standard InChI is InChI=1S/C12H14N2O3/c1-3-9-11(12(15)16)14-6-8(7-17-2)4-5-10(14)13-9/h4-6H,3,7H2,1-2H3,(H,15,16). The third-order valence-corrected chi connectivity index (χ3v) is 2.60. The normalized spacial score (nSPS) is 10.9. The molecular formula is C12H14N2O3. The molecule has 0 saturated heterocycles. The smallest absolute Gasteiger partial charge is 0.354 e. The van der Waals surface area contributed by atoms with Gasteiger partial charge in [-0.15, -0.1) is 0 Å². The van der Waals surface area contributed by atoms with Gasteiger partial charge >= 0.3 is 5.97 Å². The lowest BCUT2D eigenvalue weighted by atomic mass is 10.2. The van der Waals surface area contributed by atoms with Crippen molar-refractivity contribution in [1.82, 2.24) is 9.38 Å². The molecule has 5 nitrogen and oxygen atoms in total. The second-order valence-electron chi connectivity index (χ2n) is 3.76. The lowest BCUT2D eigenvalue weighted by Gasteiger charge is -2.02. The fourth-order valence-electron chi connectivity index (χ4n) is 1.86. The van der Waals surface area contributed by atoms with Crippen LogP contribution < -0.4 is 0 Å². The molecule has 0 radical (unpaired) electrons. The number of imidazole rings is 1. The van der Waals surface area contributed by atoms with E-state index < -0.39 is 5.97 Å². The highest BCUT2D eigenvalue weighted by atomic mass is 16.5. The summed E-state index contributed by atoms with van der Waals surface area (Å²) in [5.41, 5.74) is 2.41. The van der Waals surface area contributed by atoms with Gasteiger partial charge in [0.15, 0.2) is 5.69 Å². The van der Waals surface area contributed by atoms with Crippen LogP contribution in [0.15, 0.2) is 18.3 Å². The molecule has 17 heavy (non-hydrogen) atoms. The number of pyridine rings is 1. The van der Waals surface area contributed by atoms with E-state index in [1.165, 1.54) is 0 Å². The Kier molecular flexibility index (Phi) is 3.10. The number of hydrogen-bond acceptors (Lipinski definition) is 3. The van der Waals surface area contributed by atoms with Gasteiger partial charge in [0.1, 0.15) is 5.65 Å². The van der Waals surface area contributed by atoms with E-state index >= 15 is 0 Å². The van der Waals surface area contributed by atoms with Crippen LogP contribution in [0.1, 0.15) is 28.7 Å². The number of carboxylic acids is 1. The molecule has 1 N–H and O–H groups in total. The van der Waals surface area contributed by atoms with Gasteiger partial charge in [-0.05, 0) is 18.1 Å². The van der Waals surface area contributed by atoms with Crippen LogP contribution in [0.25, 0.3) is 5.65 Å². The SMILES string of the molecule is CCc1nc2ccc(COC)cn2c1C(=O)O. The highest BCUT2D eigenvalue weighted by Crippen LogP contribution is 2.15. The number of aromatic carboxylic acids is 1. The number of aryl methyl sites for hydroxylation is 1. The molecule has 0 aliphatic rings. The van der Waals surface area contributed by atoms with E-state index in [1.807, 2.05) is 13.0 Å². The van der Waals surface area contributed by atoms with Crippen molar-refractivity contribution in [3.05, 3.63) is 35.3 Å². The van der Waals surface area contributed by atoms with Crippen LogP contribution in [-0.2, 0) is 17.8 Å². The maximum atomic E-state index is 11.2. The van der Waals surface area contributed by atoms with Crippen LogP contribution in [0.5, 0.6) is 0 Å². The zero-order valence-electron chi connectivity index (χ0n) is 9.80. The van der Waals surface area contributed by atoms with Crippen molar-refractivity contribution in [3.8, 4) is 0 Å². The summed E-state index contributed by atoms with van der Waals surface area (Å²) < 4.78 is 6.64. The minimum Gasteiger partial charge on any atom is -0.477 e. The Labute approximate surface area is 98.7 Å². The Morgan fingerprint density at radius 2 is 2.29 bits per heavy atom. The Hall–Kier alpha value is -1.88. The molecule has 2 aromatic rings. The maximum Gasteiger partial charge on any atom is 0.354 e.